The van der Waals surface area contributed by atoms with Crippen LogP contribution < -0.4 is 16.2 Å². The van der Waals surface area contributed by atoms with Gasteiger partial charge in [-0.3, -0.25) is 0 Å². The van der Waals surface area contributed by atoms with Gasteiger partial charge in [0.25, 0.3) is 0 Å². The van der Waals surface area contributed by atoms with Crippen LogP contribution in [-0.4, -0.2) is 25.1 Å². The fourth-order valence-corrected chi connectivity index (χ4v) is 1.96. The molecular formula is C19H22F4N4O. The van der Waals surface area contributed by atoms with Gasteiger partial charge in [0.15, 0.2) is 0 Å². The van der Waals surface area contributed by atoms with Crippen LogP contribution in [0.1, 0.15) is 31.1 Å². The Balaban J connectivity index is 0.00000190. The van der Waals surface area contributed by atoms with Crippen molar-refractivity contribution in [3.8, 4) is 5.75 Å². The van der Waals surface area contributed by atoms with Crippen molar-refractivity contribution in [1.29, 1.82) is 0 Å². The molecule has 0 saturated heterocycles. The van der Waals surface area contributed by atoms with E-state index in [1.165, 1.54) is 18.5 Å². The van der Waals surface area contributed by atoms with Crippen LogP contribution in [-0.2, 0) is 0 Å². The second-order valence-electron chi connectivity index (χ2n) is 5.13. The van der Waals surface area contributed by atoms with E-state index in [9.17, 15) is 17.6 Å². The standard InChI is InChI=1S/C17H16F4N4O.C2H6/c18-15(9-22)11-1-3-12(4-2-11)16(23)25-10-24-13-5-7-14(8-6-13)26-17(19,20)21;1-2/h1-8,10,15H,9,22H2,(H2,23,24,25);1-2H3. The van der Waals surface area contributed by atoms with Gasteiger partial charge in [0.2, 0.25) is 0 Å². The zero-order valence-electron chi connectivity index (χ0n) is 15.4. The molecule has 4 N–H and O–H groups in total. The van der Waals surface area contributed by atoms with Gasteiger partial charge in [-0.1, -0.05) is 38.1 Å². The number of alkyl halides is 4. The molecule has 0 fully saturated rings. The Morgan fingerprint density at radius 1 is 1.07 bits per heavy atom. The predicted molar refractivity (Wildman–Crippen MR) is 103 cm³/mol. The highest BCUT2D eigenvalue weighted by atomic mass is 19.4. The molecule has 2 rings (SSSR count). The number of rotatable bonds is 6. The van der Waals surface area contributed by atoms with E-state index in [0.717, 1.165) is 12.1 Å². The number of nitrogens with zero attached hydrogens (tertiary/aromatic N) is 2. The summed E-state index contributed by atoms with van der Waals surface area (Å²) < 4.78 is 53.4. The zero-order valence-corrected chi connectivity index (χ0v) is 15.4. The molecule has 1 unspecified atom stereocenters. The number of benzene rings is 2. The largest absolute Gasteiger partial charge is 0.573 e. The summed E-state index contributed by atoms with van der Waals surface area (Å²) in [5, 5.41) is 0. The molecule has 5 nitrogen and oxygen atoms in total. The van der Waals surface area contributed by atoms with Gasteiger partial charge in [-0.05, 0) is 29.8 Å². The van der Waals surface area contributed by atoms with Gasteiger partial charge < -0.3 is 16.2 Å². The van der Waals surface area contributed by atoms with Gasteiger partial charge in [0.1, 0.15) is 24.1 Å². The van der Waals surface area contributed by atoms with Crippen molar-refractivity contribution in [2.24, 2.45) is 21.5 Å². The van der Waals surface area contributed by atoms with Gasteiger partial charge in [-0.15, -0.1) is 13.2 Å². The summed E-state index contributed by atoms with van der Waals surface area (Å²) in [4.78, 5) is 7.90. The molecule has 152 valence electrons. The minimum Gasteiger partial charge on any atom is -0.406 e. The van der Waals surface area contributed by atoms with Crippen LogP contribution >= 0.6 is 0 Å². The van der Waals surface area contributed by atoms with Gasteiger partial charge >= 0.3 is 6.36 Å². The number of halogens is 4. The second-order valence-corrected chi connectivity index (χ2v) is 5.13. The highest BCUT2D eigenvalue weighted by Gasteiger charge is 2.30. The minimum absolute atomic E-state index is 0.109. The Morgan fingerprint density at radius 3 is 2.14 bits per heavy atom. The fraction of sp³-hybridized carbons (Fsp3) is 0.263. The molecule has 0 aliphatic heterocycles. The molecule has 28 heavy (non-hydrogen) atoms. The van der Waals surface area contributed by atoms with E-state index in [1.54, 1.807) is 24.3 Å². The van der Waals surface area contributed by atoms with Gasteiger partial charge in [-0.25, -0.2) is 14.4 Å². The van der Waals surface area contributed by atoms with Crippen molar-refractivity contribution in [2.75, 3.05) is 6.54 Å². The van der Waals surface area contributed by atoms with Gasteiger partial charge in [0.05, 0.1) is 5.69 Å². The normalized spacial score (nSPS) is 13.0. The average molecular weight is 398 g/mol. The van der Waals surface area contributed by atoms with Crippen LogP contribution in [0.5, 0.6) is 5.75 Å². The third kappa shape index (κ3) is 7.75. The molecule has 0 aromatic heterocycles. The lowest BCUT2D eigenvalue weighted by Gasteiger charge is -2.08. The molecule has 0 aliphatic rings. The van der Waals surface area contributed by atoms with Crippen molar-refractivity contribution in [2.45, 2.75) is 26.4 Å². The molecule has 0 saturated carbocycles. The number of hydrogen-bond acceptors (Lipinski definition) is 3. The molecule has 1 atom stereocenters. The van der Waals surface area contributed by atoms with Crippen LogP contribution in [0.15, 0.2) is 58.5 Å². The summed E-state index contributed by atoms with van der Waals surface area (Å²) in [5.41, 5.74) is 12.4. The molecule has 0 radical (unpaired) electrons. The Bertz CT molecular complexity index is 772. The van der Waals surface area contributed by atoms with Crippen LogP contribution in [0.4, 0.5) is 23.2 Å². The van der Waals surface area contributed by atoms with E-state index in [1.807, 2.05) is 13.8 Å². The maximum Gasteiger partial charge on any atom is 0.573 e. The third-order valence-electron chi connectivity index (χ3n) is 3.25. The van der Waals surface area contributed by atoms with Crippen LogP contribution in [0.25, 0.3) is 0 Å². The summed E-state index contributed by atoms with van der Waals surface area (Å²) in [6.07, 6.45) is -4.82. The first-order valence-corrected chi connectivity index (χ1v) is 8.44. The number of aliphatic imine (C=N–C) groups is 2. The zero-order chi connectivity index (χ0) is 21.2. The molecule has 0 heterocycles. The maximum absolute atomic E-state index is 13.4. The number of ether oxygens (including phenoxy) is 1. The predicted octanol–water partition coefficient (Wildman–Crippen LogP) is 4.65. The fourth-order valence-electron chi connectivity index (χ4n) is 1.96. The smallest absolute Gasteiger partial charge is 0.406 e. The van der Waals surface area contributed by atoms with Crippen LogP contribution in [0.3, 0.4) is 0 Å². The monoisotopic (exact) mass is 398 g/mol. The first-order chi connectivity index (χ1) is 13.3. The lowest BCUT2D eigenvalue weighted by molar-refractivity contribution is -0.274. The second kappa shape index (κ2) is 11.0. The van der Waals surface area contributed by atoms with E-state index >= 15 is 0 Å². The van der Waals surface area contributed by atoms with Crippen LogP contribution in [0, 0.1) is 0 Å². The lowest BCUT2D eigenvalue weighted by Crippen LogP contribution is -2.16. The Labute approximate surface area is 160 Å². The highest BCUT2D eigenvalue weighted by molar-refractivity contribution is 6.01. The highest BCUT2D eigenvalue weighted by Crippen LogP contribution is 2.24. The topological polar surface area (TPSA) is 86.0 Å². The lowest BCUT2D eigenvalue weighted by atomic mass is 10.1. The van der Waals surface area contributed by atoms with Gasteiger partial charge in [-0.2, -0.15) is 0 Å². The first-order valence-electron chi connectivity index (χ1n) is 8.44. The molecule has 0 bridgehead atoms. The number of nitrogens with two attached hydrogens (primary N) is 2. The quantitative estimate of drug-likeness (QED) is 0.422. The molecular weight excluding hydrogens is 376 g/mol. The molecule has 0 aliphatic carbocycles. The third-order valence-corrected chi connectivity index (χ3v) is 3.25. The summed E-state index contributed by atoms with van der Waals surface area (Å²) in [7, 11) is 0. The average Bonchev–Trinajstić information content (AvgIpc) is 2.69. The molecule has 2 aromatic carbocycles. The van der Waals surface area contributed by atoms with E-state index in [2.05, 4.69) is 14.7 Å². The molecule has 0 amide bonds. The van der Waals surface area contributed by atoms with E-state index < -0.39 is 12.5 Å². The number of hydrogen-bond donors (Lipinski definition) is 2. The van der Waals surface area contributed by atoms with Crippen molar-refractivity contribution in [3.63, 3.8) is 0 Å². The van der Waals surface area contributed by atoms with E-state index in [-0.39, 0.29) is 18.1 Å². The van der Waals surface area contributed by atoms with Crippen molar-refractivity contribution in [3.05, 3.63) is 59.7 Å². The van der Waals surface area contributed by atoms with Crippen molar-refractivity contribution >= 4 is 17.9 Å². The van der Waals surface area contributed by atoms with E-state index in [4.69, 9.17) is 11.5 Å². The maximum atomic E-state index is 13.4. The molecule has 0 spiro atoms. The Hall–Kier alpha value is -2.94. The van der Waals surface area contributed by atoms with Crippen molar-refractivity contribution in [1.82, 2.24) is 0 Å². The molecule has 9 heteroatoms. The molecule has 2 aromatic rings. The van der Waals surface area contributed by atoms with Crippen molar-refractivity contribution < 1.29 is 22.3 Å². The Morgan fingerprint density at radius 2 is 1.64 bits per heavy atom. The van der Waals surface area contributed by atoms with Crippen LogP contribution in [0.2, 0.25) is 0 Å². The SMILES string of the molecule is CC.NCC(F)c1ccc(C(N)=NC=Nc2ccc(OC(F)(F)F)cc2)cc1. The first kappa shape index (κ1) is 23.1. The summed E-state index contributed by atoms with van der Waals surface area (Å²) >= 11 is 0. The number of amidine groups is 1. The van der Waals surface area contributed by atoms with E-state index in [0.29, 0.717) is 16.8 Å². The minimum atomic E-state index is -4.74. The summed E-state index contributed by atoms with van der Waals surface area (Å²) in [5.74, 6) is -0.191. The summed E-state index contributed by atoms with van der Waals surface area (Å²) in [6, 6.07) is 11.3. The Kier molecular flexibility index (Phi) is 9.10. The summed E-state index contributed by atoms with van der Waals surface area (Å²) in [6.45, 7) is 3.89. The van der Waals surface area contributed by atoms with Gasteiger partial charge in [0, 0.05) is 12.1 Å².